The maximum absolute atomic E-state index is 11.4. The molecule has 1 atom stereocenters. The largest absolute Gasteiger partial charge is 0.464 e. The third-order valence-corrected chi connectivity index (χ3v) is 2.37. The molecule has 3 N–H and O–H groups in total. The van der Waals surface area contributed by atoms with Crippen LogP contribution in [0.3, 0.4) is 0 Å². The lowest BCUT2D eigenvalue weighted by atomic mass is 10.1. The molecule has 2 rings (SSSR count). The Morgan fingerprint density at radius 1 is 1.47 bits per heavy atom. The summed E-state index contributed by atoms with van der Waals surface area (Å²) in [6.07, 6.45) is 1.53. The zero-order valence-electron chi connectivity index (χ0n) is 8.36. The van der Waals surface area contributed by atoms with Crippen molar-refractivity contribution in [3.05, 3.63) is 36.1 Å². The summed E-state index contributed by atoms with van der Waals surface area (Å²) in [5.41, 5.74) is 7.24. The number of benzene rings is 1. The van der Waals surface area contributed by atoms with Crippen LogP contribution in [0.4, 0.5) is 0 Å². The van der Waals surface area contributed by atoms with Gasteiger partial charge >= 0.3 is 0 Å². The molecular weight excluding hydrogens is 192 g/mol. The number of carbonyl (C=O) groups excluding carboxylic acids is 1. The predicted octanol–water partition coefficient (Wildman–Crippen LogP) is 1.18. The van der Waals surface area contributed by atoms with Gasteiger partial charge in [0.15, 0.2) is 0 Å². The summed E-state index contributed by atoms with van der Waals surface area (Å²) in [4.78, 5) is 11.4. The Bertz CT molecular complexity index is 490. The van der Waals surface area contributed by atoms with Crippen LogP contribution < -0.4 is 11.1 Å². The molecule has 1 aromatic carbocycles. The molecule has 0 bridgehead atoms. The maximum Gasteiger partial charge on any atom is 0.241 e. The van der Waals surface area contributed by atoms with E-state index in [1.54, 1.807) is 7.05 Å². The predicted molar refractivity (Wildman–Crippen MR) is 57.2 cm³/mol. The molecule has 0 aliphatic carbocycles. The third kappa shape index (κ3) is 1.59. The molecule has 15 heavy (non-hydrogen) atoms. The number of nitrogens with one attached hydrogen (secondary N) is 1. The van der Waals surface area contributed by atoms with Gasteiger partial charge in [-0.15, -0.1) is 0 Å². The summed E-state index contributed by atoms with van der Waals surface area (Å²) in [5.74, 6) is -0.221. The Morgan fingerprint density at radius 2 is 2.20 bits per heavy atom. The average Bonchev–Trinajstić information content (AvgIpc) is 2.70. The number of fused-ring (bicyclic) bond motifs is 1. The standard InChI is InChI=1S/C11H12N2O2/c1-13-11(14)10(12)8-6-15-9-5-3-2-4-7(8)9/h2-6,10H,12H2,1H3,(H,13,14). The number of hydrogen-bond acceptors (Lipinski definition) is 3. The van der Waals surface area contributed by atoms with Gasteiger partial charge in [-0.05, 0) is 6.07 Å². The molecule has 0 saturated carbocycles. The molecule has 1 heterocycles. The van der Waals surface area contributed by atoms with Crippen LogP contribution in [-0.2, 0) is 4.79 Å². The van der Waals surface area contributed by atoms with Crippen molar-refractivity contribution < 1.29 is 9.21 Å². The van der Waals surface area contributed by atoms with E-state index in [0.29, 0.717) is 5.56 Å². The minimum absolute atomic E-state index is 0.221. The van der Waals surface area contributed by atoms with E-state index in [4.69, 9.17) is 10.2 Å². The monoisotopic (exact) mass is 204 g/mol. The van der Waals surface area contributed by atoms with Crippen LogP contribution in [0.1, 0.15) is 11.6 Å². The van der Waals surface area contributed by atoms with Gasteiger partial charge < -0.3 is 15.5 Å². The molecular formula is C11H12N2O2. The quantitative estimate of drug-likeness (QED) is 0.771. The Labute approximate surface area is 87.1 Å². The normalized spacial score (nSPS) is 12.7. The minimum atomic E-state index is -0.682. The second-order valence-electron chi connectivity index (χ2n) is 3.28. The number of furan rings is 1. The molecule has 4 heteroatoms. The van der Waals surface area contributed by atoms with E-state index >= 15 is 0 Å². The lowest BCUT2D eigenvalue weighted by molar-refractivity contribution is -0.121. The number of hydrogen-bond donors (Lipinski definition) is 2. The molecule has 2 aromatic rings. The summed E-state index contributed by atoms with van der Waals surface area (Å²) >= 11 is 0. The van der Waals surface area contributed by atoms with Gasteiger partial charge in [0.2, 0.25) is 5.91 Å². The second kappa shape index (κ2) is 3.74. The Hall–Kier alpha value is -1.81. The van der Waals surface area contributed by atoms with E-state index in [0.717, 1.165) is 11.0 Å². The maximum atomic E-state index is 11.4. The van der Waals surface area contributed by atoms with E-state index in [-0.39, 0.29) is 5.91 Å². The van der Waals surface area contributed by atoms with Gasteiger partial charge in [0.05, 0.1) is 6.26 Å². The summed E-state index contributed by atoms with van der Waals surface area (Å²) < 4.78 is 5.30. The first-order chi connectivity index (χ1) is 7.24. The minimum Gasteiger partial charge on any atom is -0.464 e. The highest BCUT2D eigenvalue weighted by atomic mass is 16.3. The highest BCUT2D eigenvalue weighted by Crippen LogP contribution is 2.24. The van der Waals surface area contributed by atoms with Crippen LogP contribution in [0, 0.1) is 0 Å². The van der Waals surface area contributed by atoms with Gasteiger partial charge in [0.25, 0.3) is 0 Å². The molecule has 4 nitrogen and oxygen atoms in total. The SMILES string of the molecule is CNC(=O)C(N)c1coc2ccccc12. The number of nitrogens with two attached hydrogens (primary N) is 1. The molecule has 1 amide bonds. The number of para-hydroxylation sites is 1. The average molecular weight is 204 g/mol. The fraction of sp³-hybridized carbons (Fsp3) is 0.182. The van der Waals surface area contributed by atoms with Crippen molar-refractivity contribution in [2.24, 2.45) is 5.73 Å². The van der Waals surface area contributed by atoms with Crippen LogP contribution in [0.5, 0.6) is 0 Å². The molecule has 0 spiro atoms. The van der Waals surface area contributed by atoms with Gasteiger partial charge in [-0.25, -0.2) is 0 Å². The topological polar surface area (TPSA) is 68.3 Å². The van der Waals surface area contributed by atoms with Crippen molar-refractivity contribution >= 4 is 16.9 Å². The smallest absolute Gasteiger partial charge is 0.241 e. The van der Waals surface area contributed by atoms with E-state index in [1.807, 2.05) is 24.3 Å². The van der Waals surface area contributed by atoms with E-state index in [1.165, 1.54) is 6.26 Å². The number of carbonyl (C=O) groups is 1. The summed E-state index contributed by atoms with van der Waals surface area (Å²) in [7, 11) is 1.56. The summed E-state index contributed by atoms with van der Waals surface area (Å²) in [5, 5.41) is 3.40. The Balaban J connectivity index is 2.48. The zero-order valence-corrected chi connectivity index (χ0v) is 8.36. The van der Waals surface area contributed by atoms with Gasteiger partial charge in [0.1, 0.15) is 11.6 Å². The van der Waals surface area contributed by atoms with Crippen molar-refractivity contribution in [3.63, 3.8) is 0 Å². The Morgan fingerprint density at radius 3 is 2.93 bits per heavy atom. The number of rotatable bonds is 2. The molecule has 1 aromatic heterocycles. The third-order valence-electron chi connectivity index (χ3n) is 2.37. The van der Waals surface area contributed by atoms with Crippen molar-refractivity contribution in [1.82, 2.24) is 5.32 Å². The first-order valence-electron chi connectivity index (χ1n) is 4.67. The van der Waals surface area contributed by atoms with Gasteiger partial charge in [-0.1, -0.05) is 18.2 Å². The van der Waals surface area contributed by atoms with Crippen molar-refractivity contribution in [3.8, 4) is 0 Å². The zero-order chi connectivity index (χ0) is 10.8. The summed E-state index contributed by atoms with van der Waals surface area (Å²) in [6, 6.07) is 6.81. The molecule has 0 saturated heterocycles. The molecule has 0 fully saturated rings. The first kappa shape index (κ1) is 9.73. The molecule has 0 radical (unpaired) electrons. The van der Waals surface area contributed by atoms with E-state index in [9.17, 15) is 4.79 Å². The van der Waals surface area contributed by atoms with Crippen LogP contribution in [0.25, 0.3) is 11.0 Å². The van der Waals surface area contributed by atoms with Crippen LogP contribution in [0.2, 0.25) is 0 Å². The van der Waals surface area contributed by atoms with E-state index < -0.39 is 6.04 Å². The van der Waals surface area contributed by atoms with Crippen molar-refractivity contribution in [2.45, 2.75) is 6.04 Å². The van der Waals surface area contributed by atoms with Gasteiger partial charge in [-0.2, -0.15) is 0 Å². The second-order valence-corrected chi connectivity index (χ2v) is 3.28. The van der Waals surface area contributed by atoms with Crippen LogP contribution in [-0.4, -0.2) is 13.0 Å². The van der Waals surface area contributed by atoms with Gasteiger partial charge in [-0.3, -0.25) is 4.79 Å². The molecule has 0 aliphatic rings. The van der Waals surface area contributed by atoms with Gasteiger partial charge in [0, 0.05) is 18.0 Å². The fourth-order valence-corrected chi connectivity index (χ4v) is 1.54. The highest BCUT2D eigenvalue weighted by molar-refractivity contribution is 5.90. The fourth-order valence-electron chi connectivity index (χ4n) is 1.54. The molecule has 78 valence electrons. The number of likely N-dealkylation sites (N-methyl/N-ethyl adjacent to an activating group) is 1. The van der Waals surface area contributed by atoms with Crippen LogP contribution in [0.15, 0.2) is 34.9 Å². The Kier molecular flexibility index (Phi) is 2.43. The number of amides is 1. The first-order valence-corrected chi connectivity index (χ1v) is 4.67. The van der Waals surface area contributed by atoms with Crippen LogP contribution >= 0.6 is 0 Å². The molecule has 1 unspecified atom stereocenters. The highest BCUT2D eigenvalue weighted by Gasteiger charge is 2.18. The lowest BCUT2D eigenvalue weighted by Gasteiger charge is -2.07. The van der Waals surface area contributed by atoms with Crippen molar-refractivity contribution in [1.29, 1.82) is 0 Å². The lowest BCUT2D eigenvalue weighted by Crippen LogP contribution is -2.31. The van der Waals surface area contributed by atoms with E-state index in [2.05, 4.69) is 5.32 Å². The molecule has 0 aliphatic heterocycles. The van der Waals surface area contributed by atoms with Crippen molar-refractivity contribution in [2.75, 3.05) is 7.05 Å². The summed E-state index contributed by atoms with van der Waals surface area (Å²) in [6.45, 7) is 0.